The van der Waals surface area contributed by atoms with Gasteiger partial charge in [0.2, 0.25) is 0 Å². The van der Waals surface area contributed by atoms with Gasteiger partial charge in [-0.15, -0.1) is 0 Å². The molecule has 2 atom stereocenters. The predicted octanol–water partition coefficient (Wildman–Crippen LogP) is 2.02. The Bertz CT molecular complexity index is 1190. The molecule has 0 saturated carbocycles. The van der Waals surface area contributed by atoms with Crippen molar-refractivity contribution in [2.75, 3.05) is 19.6 Å². The molecule has 1 fully saturated rings. The number of nitrogens with zero attached hydrogens (tertiary/aromatic N) is 2. The molecule has 1 aliphatic rings. The van der Waals surface area contributed by atoms with Crippen molar-refractivity contribution in [3.8, 4) is 0 Å². The minimum absolute atomic E-state index is 0.173. The topological polar surface area (TPSA) is 95.4 Å². The zero-order chi connectivity index (χ0) is 21.3. The summed E-state index contributed by atoms with van der Waals surface area (Å²) in [4.78, 5) is 41.5. The van der Waals surface area contributed by atoms with Gasteiger partial charge in [0.1, 0.15) is 5.82 Å². The number of carbonyl (C=O) groups is 1. The molecule has 2 N–H and O–H groups in total. The van der Waals surface area contributed by atoms with Crippen molar-refractivity contribution < 1.29 is 14.3 Å². The summed E-state index contributed by atoms with van der Waals surface area (Å²) in [6.07, 6.45) is 0.603. The van der Waals surface area contributed by atoms with Gasteiger partial charge in [0.05, 0.1) is 16.8 Å². The van der Waals surface area contributed by atoms with E-state index in [4.69, 9.17) is 0 Å². The van der Waals surface area contributed by atoms with E-state index in [0.717, 1.165) is 10.1 Å². The second-order valence-corrected chi connectivity index (χ2v) is 7.62. The van der Waals surface area contributed by atoms with Crippen LogP contribution in [-0.2, 0) is 11.3 Å². The highest BCUT2D eigenvalue weighted by atomic mass is 19.1. The molecule has 156 valence electrons. The normalized spacial score (nSPS) is 19.8. The lowest BCUT2D eigenvalue weighted by atomic mass is 9.80. The number of halogens is 1. The van der Waals surface area contributed by atoms with E-state index in [1.54, 1.807) is 36.4 Å². The zero-order valence-corrected chi connectivity index (χ0v) is 16.3. The molecular weight excluding hydrogens is 389 g/mol. The molecule has 0 aliphatic carbocycles. The number of H-pyrrole nitrogens is 1. The maximum Gasteiger partial charge on any atom is 0.328 e. The number of aromatic nitrogens is 2. The van der Waals surface area contributed by atoms with Crippen LogP contribution in [0.1, 0.15) is 17.9 Å². The molecule has 2 heterocycles. The fraction of sp³-hybridized carbons (Fsp3) is 0.318. The fourth-order valence-corrected chi connectivity index (χ4v) is 4.23. The molecule has 1 saturated heterocycles. The average Bonchev–Trinajstić information content (AvgIpc) is 2.74. The smallest absolute Gasteiger partial charge is 0.328 e. The molecule has 0 amide bonds. The summed E-state index contributed by atoms with van der Waals surface area (Å²) in [6.45, 7) is 1.50. The Morgan fingerprint density at radius 2 is 1.83 bits per heavy atom. The number of piperidine rings is 1. The molecule has 3 aromatic rings. The third-order valence-corrected chi connectivity index (χ3v) is 5.84. The molecule has 30 heavy (non-hydrogen) atoms. The van der Waals surface area contributed by atoms with Gasteiger partial charge in [0, 0.05) is 19.6 Å². The van der Waals surface area contributed by atoms with Gasteiger partial charge in [-0.2, -0.15) is 0 Å². The third kappa shape index (κ3) is 3.91. The molecular formula is C22H22FN3O4. The number of fused-ring (bicyclic) bond motifs is 1. The van der Waals surface area contributed by atoms with Gasteiger partial charge in [0.15, 0.2) is 0 Å². The van der Waals surface area contributed by atoms with Gasteiger partial charge in [-0.25, -0.2) is 9.18 Å². The lowest BCUT2D eigenvalue weighted by Gasteiger charge is -2.36. The number of hydrogen-bond acceptors (Lipinski definition) is 4. The van der Waals surface area contributed by atoms with Crippen LogP contribution in [-0.4, -0.2) is 45.2 Å². The lowest BCUT2D eigenvalue weighted by molar-refractivity contribution is -0.144. The number of likely N-dealkylation sites (tertiary alicyclic amines) is 1. The van der Waals surface area contributed by atoms with Crippen LogP contribution >= 0.6 is 0 Å². The van der Waals surface area contributed by atoms with E-state index in [-0.39, 0.29) is 23.8 Å². The zero-order valence-electron chi connectivity index (χ0n) is 16.3. The first kappa shape index (κ1) is 20.0. The van der Waals surface area contributed by atoms with E-state index >= 15 is 0 Å². The summed E-state index contributed by atoms with van der Waals surface area (Å²) in [5.74, 6) is -2.11. The minimum Gasteiger partial charge on any atom is -0.481 e. The Morgan fingerprint density at radius 1 is 1.10 bits per heavy atom. The summed E-state index contributed by atoms with van der Waals surface area (Å²) < 4.78 is 14.4. The van der Waals surface area contributed by atoms with E-state index in [2.05, 4.69) is 4.98 Å². The average molecular weight is 411 g/mol. The van der Waals surface area contributed by atoms with Crippen LogP contribution in [0.3, 0.4) is 0 Å². The summed E-state index contributed by atoms with van der Waals surface area (Å²) in [6, 6.07) is 12.8. The Morgan fingerprint density at radius 3 is 2.57 bits per heavy atom. The van der Waals surface area contributed by atoms with Crippen molar-refractivity contribution in [3.05, 3.63) is 80.7 Å². The Labute approximate surface area is 171 Å². The predicted molar refractivity (Wildman–Crippen MR) is 110 cm³/mol. The molecule has 4 rings (SSSR count). The van der Waals surface area contributed by atoms with Crippen molar-refractivity contribution in [2.45, 2.75) is 18.9 Å². The highest BCUT2D eigenvalue weighted by Gasteiger charge is 2.35. The van der Waals surface area contributed by atoms with Crippen LogP contribution in [0.2, 0.25) is 0 Å². The third-order valence-electron chi connectivity index (χ3n) is 5.84. The SMILES string of the molecule is O=C(O)C1CN(CCn2c(=O)[nH]c3ccccc3c2=O)CCC1c1ccc(F)cc1. The Hall–Kier alpha value is -3.26. The van der Waals surface area contributed by atoms with Crippen molar-refractivity contribution in [1.29, 1.82) is 0 Å². The van der Waals surface area contributed by atoms with Crippen molar-refractivity contribution in [1.82, 2.24) is 14.5 Å². The van der Waals surface area contributed by atoms with Crippen molar-refractivity contribution in [3.63, 3.8) is 0 Å². The quantitative estimate of drug-likeness (QED) is 0.670. The largest absolute Gasteiger partial charge is 0.481 e. The maximum absolute atomic E-state index is 13.2. The number of nitrogens with one attached hydrogen (secondary N) is 1. The van der Waals surface area contributed by atoms with E-state index in [9.17, 15) is 23.9 Å². The van der Waals surface area contributed by atoms with Crippen LogP contribution in [0.5, 0.6) is 0 Å². The van der Waals surface area contributed by atoms with Gasteiger partial charge in [-0.1, -0.05) is 24.3 Å². The number of carboxylic acids is 1. The number of para-hydroxylation sites is 1. The van der Waals surface area contributed by atoms with Gasteiger partial charge in [-0.3, -0.25) is 14.2 Å². The van der Waals surface area contributed by atoms with Crippen LogP contribution in [0, 0.1) is 11.7 Å². The fourth-order valence-electron chi connectivity index (χ4n) is 4.23. The molecule has 7 nitrogen and oxygen atoms in total. The monoisotopic (exact) mass is 411 g/mol. The number of hydrogen-bond donors (Lipinski definition) is 2. The van der Waals surface area contributed by atoms with Crippen molar-refractivity contribution >= 4 is 16.9 Å². The van der Waals surface area contributed by atoms with Gasteiger partial charge in [0.25, 0.3) is 5.56 Å². The molecule has 1 aliphatic heterocycles. The molecule has 2 unspecified atom stereocenters. The summed E-state index contributed by atoms with van der Waals surface area (Å²) >= 11 is 0. The maximum atomic E-state index is 13.2. The van der Waals surface area contributed by atoms with E-state index in [1.807, 2.05) is 4.90 Å². The molecule has 0 radical (unpaired) electrons. The first-order valence-electron chi connectivity index (χ1n) is 9.86. The second-order valence-electron chi connectivity index (χ2n) is 7.62. The number of aromatic amines is 1. The van der Waals surface area contributed by atoms with E-state index < -0.39 is 17.6 Å². The highest BCUT2D eigenvalue weighted by molar-refractivity contribution is 5.76. The lowest BCUT2D eigenvalue weighted by Crippen LogP contribution is -2.46. The second kappa shape index (κ2) is 8.23. The van der Waals surface area contributed by atoms with Crippen LogP contribution < -0.4 is 11.2 Å². The van der Waals surface area contributed by atoms with E-state index in [0.29, 0.717) is 37.0 Å². The van der Waals surface area contributed by atoms with Crippen LogP contribution in [0.4, 0.5) is 4.39 Å². The van der Waals surface area contributed by atoms with Crippen molar-refractivity contribution in [2.24, 2.45) is 5.92 Å². The van der Waals surface area contributed by atoms with Gasteiger partial charge in [-0.05, 0) is 48.7 Å². The minimum atomic E-state index is -0.908. The number of rotatable bonds is 5. The number of carboxylic acid groups (broad SMARTS) is 1. The Balaban J connectivity index is 1.50. The molecule has 1 aromatic heterocycles. The van der Waals surface area contributed by atoms with Gasteiger partial charge >= 0.3 is 11.7 Å². The summed E-state index contributed by atoms with van der Waals surface area (Å²) in [5, 5.41) is 10.2. The first-order valence-corrected chi connectivity index (χ1v) is 9.86. The first-order chi connectivity index (χ1) is 14.4. The molecule has 8 heteroatoms. The molecule has 2 aromatic carbocycles. The Kier molecular flexibility index (Phi) is 5.50. The molecule has 0 bridgehead atoms. The summed E-state index contributed by atoms with van der Waals surface area (Å²) in [7, 11) is 0. The standard InChI is InChI=1S/C22H22FN3O4/c23-15-7-5-14(6-8-15)16-9-10-25(13-18(16)21(28)29)11-12-26-20(27)17-3-1-2-4-19(17)24-22(26)30/h1-8,16,18H,9-13H2,(H,24,30)(H,28,29). The molecule has 0 spiro atoms. The van der Waals surface area contributed by atoms with Gasteiger partial charge < -0.3 is 15.0 Å². The number of aliphatic carboxylic acids is 1. The summed E-state index contributed by atoms with van der Waals surface area (Å²) in [5.41, 5.74) is 0.473. The van der Waals surface area contributed by atoms with E-state index in [1.165, 1.54) is 12.1 Å². The van der Waals surface area contributed by atoms with Crippen LogP contribution in [0.25, 0.3) is 10.9 Å². The van der Waals surface area contributed by atoms with Crippen LogP contribution in [0.15, 0.2) is 58.1 Å². The number of benzene rings is 2. The highest BCUT2D eigenvalue weighted by Crippen LogP contribution is 2.33.